The molecule has 102 valence electrons. The molecule has 0 unspecified atom stereocenters. The number of nitrogens with one attached hydrogen (secondary N) is 1. The van der Waals surface area contributed by atoms with E-state index in [4.69, 9.17) is 5.73 Å². The van der Waals surface area contributed by atoms with Crippen LogP contribution in [0.1, 0.15) is 16.8 Å². The van der Waals surface area contributed by atoms with E-state index in [1.54, 1.807) is 11.3 Å². The van der Waals surface area contributed by atoms with Gasteiger partial charge in [-0.2, -0.15) is 0 Å². The second kappa shape index (κ2) is 5.46. The molecule has 3 aromatic rings. The molecular weight excluding hydrogens is 268 g/mol. The van der Waals surface area contributed by atoms with Crippen LogP contribution in [-0.2, 0) is 13.0 Å². The number of nitrogens with zero attached hydrogens (tertiary/aromatic N) is 2. The molecule has 4 nitrogen and oxygen atoms in total. The number of nitrogens with two attached hydrogens (primary N) is 1. The summed E-state index contributed by atoms with van der Waals surface area (Å²) in [5.41, 5.74) is 7.46. The number of thiazole rings is 1. The minimum absolute atomic E-state index is 0.706. The number of aryl methyl sites for hydroxylation is 1. The Labute approximate surface area is 121 Å². The average molecular weight is 284 g/mol. The number of fused-ring (bicyclic) bond motifs is 1. The highest BCUT2D eigenvalue weighted by Crippen LogP contribution is 2.19. The molecule has 0 saturated carbocycles. The number of rotatable bonds is 4. The van der Waals surface area contributed by atoms with Crippen molar-refractivity contribution >= 4 is 33.7 Å². The zero-order chi connectivity index (χ0) is 13.9. The molecule has 3 N–H and O–H groups in total. The lowest BCUT2D eigenvalue weighted by Crippen LogP contribution is -2.00. The van der Waals surface area contributed by atoms with Gasteiger partial charge < -0.3 is 11.1 Å². The summed E-state index contributed by atoms with van der Waals surface area (Å²) in [7, 11) is 0. The molecule has 2 aromatic heterocycles. The van der Waals surface area contributed by atoms with Crippen LogP contribution >= 0.6 is 11.3 Å². The maximum atomic E-state index is 5.76. The number of hydrogen-bond acceptors (Lipinski definition) is 5. The van der Waals surface area contributed by atoms with Gasteiger partial charge in [-0.3, -0.25) is 0 Å². The quantitative estimate of drug-likeness (QED) is 0.720. The summed E-state index contributed by atoms with van der Waals surface area (Å²) in [5, 5.41) is 5.45. The summed E-state index contributed by atoms with van der Waals surface area (Å²) in [6.07, 6.45) is 2.98. The van der Waals surface area contributed by atoms with Gasteiger partial charge in [0.05, 0.1) is 12.1 Å². The Kier molecular flexibility index (Phi) is 3.52. The third-order valence-corrected chi connectivity index (χ3v) is 4.23. The summed E-state index contributed by atoms with van der Waals surface area (Å²) in [6.45, 7) is 2.85. The van der Waals surface area contributed by atoms with Crippen LogP contribution in [0.15, 0.2) is 36.5 Å². The molecule has 0 saturated heterocycles. The highest BCUT2D eigenvalue weighted by molar-refractivity contribution is 7.11. The zero-order valence-electron chi connectivity index (χ0n) is 11.3. The molecular formula is C15H16N4S. The average Bonchev–Trinajstić information content (AvgIpc) is 2.93. The van der Waals surface area contributed by atoms with Crippen LogP contribution in [0.3, 0.4) is 0 Å². The monoisotopic (exact) mass is 284 g/mol. The third-order valence-electron chi connectivity index (χ3n) is 3.08. The molecule has 0 aliphatic heterocycles. The van der Waals surface area contributed by atoms with E-state index < -0.39 is 0 Å². The van der Waals surface area contributed by atoms with Gasteiger partial charge in [0.25, 0.3) is 0 Å². The standard InChI is InChI=1S/C15H16N4S/c1-2-12-8-18-15(20-12)9-17-14-6-3-10-7-11(16)4-5-13(10)19-14/h3-8H,2,9,16H2,1H3,(H,17,19). The Morgan fingerprint density at radius 1 is 1.25 bits per heavy atom. The summed E-state index contributed by atoms with van der Waals surface area (Å²) in [5.74, 6) is 0.857. The van der Waals surface area contributed by atoms with Crippen LogP contribution in [0.4, 0.5) is 11.5 Å². The summed E-state index contributed by atoms with van der Waals surface area (Å²) in [6, 6.07) is 9.73. The molecule has 0 atom stereocenters. The van der Waals surface area contributed by atoms with Crippen molar-refractivity contribution in [2.24, 2.45) is 0 Å². The first-order valence-corrected chi connectivity index (χ1v) is 7.40. The Hall–Kier alpha value is -2.14. The molecule has 0 fully saturated rings. The van der Waals surface area contributed by atoms with Crippen molar-refractivity contribution in [3.8, 4) is 0 Å². The maximum Gasteiger partial charge on any atom is 0.127 e. The fourth-order valence-corrected chi connectivity index (χ4v) is 2.80. The number of pyridine rings is 1. The Bertz CT molecular complexity index is 736. The van der Waals surface area contributed by atoms with Crippen molar-refractivity contribution in [3.63, 3.8) is 0 Å². The van der Waals surface area contributed by atoms with Gasteiger partial charge in [-0.15, -0.1) is 11.3 Å². The smallest absolute Gasteiger partial charge is 0.127 e. The van der Waals surface area contributed by atoms with Crippen LogP contribution in [0.5, 0.6) is 0 Å². The van der Waals surface area contributed by atoms with Crippen molar-refractivity contribution in [1.82, 2.24) is 9.97 Å². The van der Waals surface area contributed by atoms with Gasteiger partial charge in [0.1, 0.15) is 10.8 Å². The number of benzene rings is 1. The molecule has 0 aliphatic rings. The van der Waals surface area contributed by atoms with Gasteiger partial charge in [0, 0.05) is 22.1 Å². The molecule has 5 heteroatoms. The van der Waals surface area contributed by atoms with Gasteiger partial charge >= 0.3 is 0 Å². The lowest BCUT2D eigenvalue weighted by Gasteiger charge is -2.05. The SMILES string of the molecule is CCc1cnc(CNc2ccc3cc(N)ccc3n2)s1. The van der Waals surface area contributed by atoms with Gasteiger partial charge in [-0.1, -0.05) is 6.92 Å². The van der Waals surface area contributed by atoms with Gasteiger partial charge in [-0.05, 0) is 36.8 Å². The first-order valence-electron chi connectivity index (χ1n) is 6.58. The van der Waals surface area contributed by atoms with Crippen LogP contribution in [0.2, 0.25) is 0 Å². The second-order valence-corrected chi connectivity index (χ2v) is 5.78. The van der Waals surface area contributed by atoms with Crippen molar-refractivity contribution in [3.05, 3.63) is 46.4 Å². The lowest BCUT2D eigenvalue weighted by atomic mass is 10.2. The Morgan fingerprint density at radius 2 is 2.15 bits per heavy atom. The molecule has 0 bridgehead atoms. The predicted octanol–water partition coefficient (Wildman–Crippen LogP) is 3.45. The zero-order valence-corrected chi connectivity index (χ0v) is 12.1. The molecule has 0 amide bonds. The number of aromatic nitrogens is 2. The summed E-state index contributed by atoms with van der Waals surface area (Å²) in [4.78, 5) is 10.3. The van der Waals surface area contributed by atoms with Crippen molar-refractivity contribution < 1.29 is 0 Å². The maximum absolute atomic E-state index is 5.76. The van der Waals surface area contributed by atoms with Gasteiger partial charge in [-0.25, -0.2) is 9.97 Å². The largest absolute Gasteiger partial charge is 0.399 e. The molecule has 1 aromatic carbocycles. The van der Waals surface area contributed by atoms with Crippen LogP contribution in [0, 0.1) is 0 Å². The first-order chi connectivity index (χ1) is 9.74. The third kappa shape index (κ3) is 2.72. The van der Waals surface area contributed by atoms with E-state index in [9.17, 15) is 0 Å². The summed E-state index contributed by atoms with van der Waals surface area (Å²) >= 11 is 1.74. The highest BCUT2D eigenvalue weighted by Gasteiger charge is 2.02. The van der Waals surface area contributed by atoms with Crippen molar-refractivity contribution in [2.45, 2.75) is 19.9 Å². The fraction of sp³-hybridized carbons (Fsp3) is 0.200. The Balaban J connectivity index is 1.75. The lowest BCUT2D eigenvalue weighted by molar-refractivity contribution is 1.08. The van der Waals surface area contributed by atoms with E-state index in [1.165, 1.54) is 4.88 Å². The number of nitrogen functional groups attached to an aromatic ring is 1. The predicted molar refractivity (Wildman–Crippen MR) is 85.0 cm³/mol. The first kappa shape index (κ1) is 12.9. The van der Waals surface area contributed by atoms with E-state index in [-0.39, 0.29) is 0 Å². The minimum atomic E-state index is 0.706. The van der Waals surface area contributed by atoms with Crippen molar-refractivity contribution in [1.29, 1.82) is 0 Å². The molecule has 0 radical (unpaired) electrons. The van der Waals surface area contributed by atoms with E-state index in [1.807, 2.05) is 36.5 Å². The van der Waals surface area contributed by atoms with Crippen LogP contribution in [0.25, 0.3) is 10.9 Å². The van der Waals surface area contributed by atoms with Crippen molar-refractivity contribution in [2.75, 3.05) is 11.1 Å². The topological polar surface area (TPSA) is 63.8 Å². The highest BCUT2D eigenvalue weighted by atomic mass is 32.1. The van der Waals surface area contributed by atoms with E-state index >= 15 is 0 Å². The molecule has 2 heterocycles. The normalized spacial score (nSPS) is 10.8. The second-order valence-electron chi connectivity index (χ2n) is 4.58. The minimum Gasteiger partial charge on any atom is -0.399 e. The number of hydrogen-bond donors (Lipinski definition) is 2. The van der Waals surface area contributed by atoms with Crippen LogP contribution < -0.4 is 11.1 Å². The molecule has 0 aliphatic carbocycles. The number of anilines is 2. The van der Waals surface area contributed by atoms with Gasteiger partial charge in [0.2, 0.25) is 0 Å². The molecule has 20 heavy (non-hydrogen) atoms. The summed E-state index contributed by atoms with van der Waals surface area (Å²) < 4.78 is 0. The van der Waals surface area contributed by atoms with E-state index in [0.717, 1.165) is 33.8 Å². The van der Waals surface area contributed by atoms with E-state index in [0.29, 0.717) is 6.54 Å². The molecule has 0 spiro atoms. The van der Waals surface area contributed by atoms with Crippen LogP contribution in [-0.4, -0.2) is 9.97 Å². The fourth-order valence-electron chi connectivity index (χ4n) is 2.00. The molecule has 3 rings (SSSR count). The van der Waals surface area contributed by atoms with E-state index in [2.05, 4.69) is 22.2 Å². The van der Waals surface area contributed by atoms with Gasteiger partial charge in [0.15, 0.2) is 0 Å². The Morgan fingerprint density at radius 3 is 2.95 bits per heavy atom.